The van der Waals surface area contributed by atoms with Gasteiger partial charge >= 0.3 is 0 Å². The van der Waals surface area contributed by atoms with Crippen LogP contribution in [-0.4, -0.2) is 44.1 Å². The van der Waals surface area contributed by atoms with E-state index >= 15 is 0 Å². The third-order valence-electron chi connectivity index (χ3n) is 4.38. The molecule has 0 unspecified atom stereocenters. The molecule has 0 spiro atoms. The molecule has 6 heteroatoms. The summed E-state index contributed by atoms with van der Waals surface area (Å²) in [6.07, 6.45) is 0.899. The van der Waals surface area contributed by atoms with Crippen LogP contribution in [-0.2, 0) is 0 Å². The van der Waals surface area contributed by atoms with Gasteiger partial charge < -0.3 is 14.5 Å². The topological polar surface area (TPSA) is 32.8 Å². The number of benzene rings is 2. The number of ether oxygens (including phenoxy) is 1. The van der Waals surface area contributed by atoms with Crippen molar-refractivity contribution in [2.75, 3.05) is 38.2 Å². The van der Waals surface area contributed by atoms with Gasteiger partial charge in [0.15, 0.2) is 0 Å². The molecule has 2 aromatic carbocycles. The Hall–Kier alpha value is -1.91. The number of halogens is 2. The smallest absolute Gasteiger partial charge is 0.255 e. The highest BCUT2D eigenvalue weighted by Gasteiger charge is 2.22. The zero-order valence-corrected chi connectivity index (χ0v) is 15.6. The minimum atomic E-state index is -0.0657. The average molecular weight is 379 g/mol. The molecule has 1 fully saturated rings. The van der Waals surface area contributed by atoms with E-state index in [1.54, 1.807) is 25.3 Å². The first-order chi connectivity index (χ1) is 12.1. The summed E-state index contributed by atoms with van der Waals surface area (Å²) in [5.74, 6) is 0.773. The molecule has 1 aliphatic heterocycles. The third-order valence-corrected chi connectivity index (χ3v) is 4.94. The zero-order valence-electron chi connectivity index (χ0n) is 14.0. The van der Waals surface area contributed by atoms with E-state index in [0.29, 0.717) is 28.7 Å². The fraction of sp³-hybridized carbons (Fsp3) is 0.316. The molecule has 0 N–H and O–H groups in total. The van der Waals surface area contributed by atoms with E-state index in [0.717, 1.165) is 30.9 Å². The highest BCUT2D eigenvalue weighted by atomic mass is 35.5. The number of carbonyl (C=O) groups is 1. The van der Waals surface area contributed by atoms with Crippen molar-refractivity contribution in [2.24, 2.45) is 0 Å². The van der Waals surface area contributed by atoms with Crippen LogP contribution in [0.15, 0.2) is 42.5 Å². The monoisotopic (exact) mass is 378 g/mol. The number of rotatable bonds is 3. The van der Waals surface area contributed by atoms with Crippen LogP contribution in [0.5, 0.6) is 5.75 Å². The van der Waals surface area contributed by atoms with Gasteiger partial charge in [-0.3, -0.25) is 4.79 Å². The molecule has 0 atom stereocenters. The molecule has 1 aliphatic rings. The van der Waals surface area contributed by atoms with Gasteiger partial charge in [0.1, 0.15) is 5.75 Å². The summed E-state index contributed by atoms with van der Waals surface area (Å²) in [7, 11) is 1.66. The van der Waals surface area contributed by atoms with E-state index in [1.165, 1.54) is 0 Å². The van der Waals surface area contributed by atoms with Crippen molar-refractivity contribution in [3.63, 3.8) is 0 Å². The van der Waals surface area contributed by atoms with Gasteiger partial charge in [-0.25, -0.2) is 0 Å². The highest BCUT2D eigenvalue weighted by molar-refractivity contribution is 6.35. The Morgan fingerprint density at radius 1 is 1.00 bits per heavy atom. The van der Waals surface area contributed by atoms with Gasteiger partial charge in [-0.15, -0.1) is 0 Å². The van der Waals surface area contributed by atoms with Gasteiger partial charge in [0.05, 0.1) is 17.7 Å². The summed E-state index contributed by atoms with van der Waals surface area (Å²) < 4.78 is 5.20. The minimum absolute atomic E-state index is 0.0657. The van der Waals surface area contributed by atoms with Gasteiger partial charge in [0.2, 0.25) is 0 Å². The molecule has 25 heavy (non-hydrogen) atoms. The summed E-state index contributed by atoms with van der Waals surface area (Å²) in [5.41, 5.74) is 1.60. The lowest BCUT2D eigenvalue weighted by molar-refractivity contribution is 0.0767. The molecule has 2 aromatic rings. The average Bonchev–Trinajstić information content (AvgIpc) is 2.89. The molecule has 0 aromatic heterocycles. The summed E-state index contributed by atoms with van der Waals surface area (Å²) >= 11 is 12.2. The van der Waals surface area contributed by atoms with E-state index in [2.05, 4.69) is 4.90 Å². The van der Waals surface area contributed by atoms with Crippen molar-refractivity contribution in [1.82, 2.24) is 4.90 Å². The summed E-state index contributed by atoms with van der Waals surface area (Å²) in [5, 5.41) is 0.952. The fourth-order valence-electron chi connectivity index (χ4n) is 3.00. The van der Waals surface area contributed by atoms with Crippen molar-refractivity contribution in [3.05, 3.63) is 58.1 Å². The van der Waals surface area contributed by atoms with Crippen molar-refractivity contribution in [1.29, 1.82) is 0 Å². The summed E-state index contributed by atoms with van der Waals surface area (Å²) in [6, 6.07) is 13.0. The Morgan fingerprint density at radius 2 is 1.76 bits per heavy atom. The molecular weight excluding hydrogens is 359 g/mol. The quantitative estimate of drug-likeness (QED) is 0.795. The first-order valence-electron chi connectivity index (χ1n) is 8.22. The maximum Gasteiger partial charge on any atom is 0.255 e. The second-order valence-electron chi connectivity index (χ2n) is 5.95. The molecule has 4 nitrogen and oxygen atoms in total. The Morgan fingerprint density at radius 3 is 2.48 bits per heavy atom. The maximum absolute atomic E-state index is 12.8. The van der Waals surface area contributed by atoms with Gasteiger partial charge in [0, 0.05) is 36.9 Å². The molecule has 0 bridgehead atoms. The van der Waals surface area contributed by atoms with Gasteiger partial charge in [-0.05, 0) is 48.9 Å². The van der Waals surface area contributed by atoms with Crippen molar-refractivity contribution < 1.29 is 9.53 Å². The number of nitrogens with zero attached hydrogens (tertiary/aromatic N) is 2. The summed E-state index contributed by atoms with van der Waals surface area (Å²) in [4.78, 5) is 16.9. The minimum Gasteiger partial charge on any atom is -0.497 e. The molecule has 0 radical (unpaired) electrons. The van der Waals surface area contributed by atoms with E-state index in [-0.39, 0.29) is 5.91 Å². The highest BCUT2D eigenvalue weighted by Crippen LogP contribution is 2.24. The van der Waals surface area contributed by atoms with E-state index in [1.807, 2.05) is 29.2 Å². The molecular formula is C19H20Cl2N2O2. The molecule has 1 heterocycles. The molecule has 3 rings (SSSR count). The molecule has 0 aliphatic carbocycles. The first kappa shape index (κ1) is 17.9. The van der Waals surface area contributed by atoms with E-state index in [9.17, 15) is 4.79 Å². The molecule has 1 saturated heterocycles. The zero-order chi connectivity index (χ0) is 17.8. The lowest BCUT2D eigenvalue weighted by atomic mass is 10.2. The van der Waals surface area contributed by atoms with Crippen LogP contribution in [0, 0.1) is 0 Å². The molecule has 132 valence electrons. The normalized spacial score (nSPS) is 15.0. The van der Waals surface area contributed by atoms with Crippen LogP contribution < -0.4 is 9.64 Å². The van der Waals surface area contributed by atoms with Crippen LogP contribution >= 0.6 is 23.2 Å². The number of carbonyl (C=O) groups excluding carboxylic acids is 1. The van der Waals surface area contributed by atoms with Crippen LogP contribution in [0.2, 0.25) is 10.0 Å². The third kappa shape index (κ3) is 4.20. The van der Waals surface area contributed by atoms with Crippen molar-refractivity contribution >= 4 is 34.8 Å². The van der Waals surface area contributed by atoms with Crippen molar-refractivity contribution in [2.45, 2.75) is 6.42 Å². The van der Waals surface area contributed by atoms with E-state index < -0.39 is 0 Å². The standard InChI is InChI=1S/C19H20Cl2N2O2/c1-25-16-6-4-15(5-7-16)22-9-2-10-23(12-11-22)19(24)17-13-14(20)3-8-18(17)21/h3-8,13H,2,9-12H2,1H3. The maximum atomic E-state index is 12.8. The number of anilines is 1. The second-order valence-corrected chi connectivity index (χ2v) is 6.80. The SMILES string of the molecule is COc1ccc(N2CCCN(C(=O)c3cc(Cl)ccc3Cl)CC2)cc1. The van der Waals surface area contributed by atoms with Crippen LogP contribution in [0.4, 0.5) is 5.69 Å². The van der Waals surface area contributed by atoms with Gasteiger partial charge in [-0.1, -0.05) is 23.2 Å². The summed E-state index contributed by atoms with van der Waals surface area (Å²) in [6.45, 7) is 3.03. The Labute approximate surface area is 157 Å². The second kappa shape index (κ2) is 7.98. The van der Waals surface area contributed by atoms with Crippen LogP contribution in [0.1, 0.15) is 16.8 Å². The Kier molecular flexibility index (Phi) is 5.71. The van der Waals surface area contributed by atoms with E-state index in [4.69, 9.17) is 27.9 Å². The molecule has 1 amide bonds. The number of hydrogen-bond donors (Lipinski definition) is 0. The van der Waals surface area contributed by atoms with Gasteiger partial charge in [0.25, 0.3) is 5.91 Å². The Balaban J connectivity index is 1.70. The van der Waals surface area contributed by atoms with Gasteiger partial charge in [-0.2, -0.15) is 0 Å². The lowest BCUT2D eigenvalue weighted by Crippen LogP contribution is -2.35. The van der Waals surface area contributed by atoms with Crippen molar-refractivity contribution in [3.8, 4) is 5.75 Å². The first-order valence-corrected chi connectivity index (χ1v) is 8.97. The Bertz CT molecular complexity index is 750. The van der Waals surface area contributed by atoms with Crippen LogP contribution in [0.3, 0.4) is 0 Å². The number of amides is 1. The molecule has 0 saturated carbocycles. The lowest BCUT2D eigenvalue weighted by Gasteiger charge is -2.24. The van der Waals surface area contributed by atoms with Crippen LogP contribution in [0.25, 0.3) is 0 Å². The predicted octanol–water partition coefficient (Wildman–Crippen LogP) is 4.35. The largest absolute Gasteiger partial charge is 0.497 e. The number of hydrogen-bond acceptors (Lipinski definition) is 3. The number of methoxy groups -OCH3 is 1. The predicted molar refractivity (Wildman–Crippen MR) is 102 cm³/mol. The fourth-order valence-corrected chi connectivity index (χ4v) is 3.37.